The summed E-state index contributed by atoms with van der Waals surface area (Å²) in [5.41, 5.74) is 0.372. The number of carbonyl (C=O) groups excluding carboxylic acids is 1. The first-order valence-corrected chi connectivity index (χ1v) is 7.86. The summed E-state index contributed by atoms with van der Waals surface area (Å²) >= 11 is 0. The lowest BCUT2D eigenvalue weighted by molar-refractivity contribution is -0.0546. The van der Waals surface area contributed by atoms with Gasteiger partial charge in [0.2, 0.25) is 0 Å². The largest absolute Gasteiger partial charge is 0.297 e. The van der Waals surface area contributed by atoms with Crippen molar-refractivity contribution >= 4 is 16.0 Å². The van der Waals surface area contributed by atoms with E-state index < -0.39 is 16.0 Å². The van der Waals surface area contributed by atoms with Crippen LogP contribution in [-0.4, -0.2) is 45.5 Å². The summed E-state index contributed by atoms with van der Waals surface area (Å²) < 4.78 is 33.2. The SMILES string of the molecule is CCN(O)C(=O)c1ccn(Cc2ccccc2S(=O)(=O)O)n1. The lowest BCUT2D eigenvalue weighted by Gasteiger charge is -2.10. The van der Waals surface area contributed by atoms with Crippen LogP contribution in [0.25, 0.3) is 0 Å². The summed E-state index contributed by atoms with van der Waals surface area (Å²) in [5, 5.41) is 13.9. The van der Waals surface area contributed by atoms with Crippen molar-refractivity contribution in [2.75, 3.05) is 6.54 Å². The molecule has 0 bridgehead atoms. The van der Waals surface area contributed by atoms with E-state index in [0.29, 0.717) is 10.6 Å². The van der Waals surface area contributed by atoms with Crippen LogP contribution < -0.4 is 0 Å². The first kappa shape index (κ1) is 16.1. The minimum Gasteiger partial charge on any atom is -0.286 e. The van der Waals surface area contributed by atoms with Crippen LogP contribution in [0.1, 0.15) is 23.0 Å². The summed E-state index contributed by atoms with van der Waals surface area (Å²) in [6.07, 6.45) is 1.48. The highest BCUT2D eigenvalue weighted by Gasteiger charge is 2.17. The zero-order valence-corrected chi connectivity index (χ0v) is 12.6. The number of hydroxylamine groups is 2. The standard InChI is InChI=1S/C13H15N3O5S/c1-2-16(18)13(17)11-7-8-15(14-11)9-10-5-3-4-6-12(10)22(19,20)21/h3-8,18H,2,9H2,1H3,(H,19,20,21). The monoisotopic (exact) mass is 325 g/mol. The van der Waals surface area contributed by atoms with E-state index >= 15 is 0 Å². The van der Waals surface area contributed by atoms with E-state index in [9.17, 15) is 23.0 Å². The molecule has 0 aliphatic rings. The van der Waals surface area contributed by atoms with Gasteiger partial charge in [-0.2, -0.15) is 13.5 Å². The highest BCUT2D eigenvalue weighted by atomic mass is 32.2. The summed E-state index contributed by atoms with van der Waals surface area (Å²) in [6.45, 7) is 1.79. The molecule has 0 spiro atoms. The highest BCUT2D eigenvalue weighted by Crippen LogP contribution is 2.16. The Morgan fingerprint density at radius 3 is 2.64 bits per heavy atom. The molecule has 1 aromatic carbocycles. The van der Waals surface area contributed by atoms with Crippen molar-refractivity contribution in [1.82, 2.24) is 14.8 Å². The van der Waals surface area contributed by atoms with Gasteiger partial charge in [0.05, 0.1) is 11.4 Å². The maximum absolute atomic E-state index is 11.7. The Morgan fingerprint density at radius 1 is 1.32 bits per heavy atom. The molecule has 0 saturated heterocycles. The van der Waals surface area contributed by atoms with Crippen molar-refractivity contribution in [2.45, 2.75) is 18.4 Å². The predicted octanol–water partition coefficient (Wildman–Crippen LogP) is 1.03. The Balaban J connectivity index is 2.27. The number of carbonyl (C=O) groups is 1. The van der Waals surface area contributed by atoms with E-state index in [1.807, 2.05) is 0 Å². The van der Waals surface area contributed by atoms with Crippen molar-refractivity contribution in [3.05, 3.63) is 47.8 Å². The molecule has 0 atom stereocenters. The third-order valence-electron chi connectivity index (χ3n) is 2.98. The zero-order chi connectivity index (χ0) is 16.3. The fourth-order valence-electron chi connectivity index (χ4n) is 1.90. The number of amides is 1. The van der Waals surface area contributed by atoms with Crippen LogP contribution in [0.2, 0.25) is 0 Å². The number of nitrogens with zero attached hydrogens (tertiary/aromatic N) is 3. The van der Waals surface area contributed by atoms with Crippen LogP contribution >= 0.6 is 0 Å². The second-order valence-corrected chi connectivity index (χ2v) is 5.89. The van der Waals surface area contributed by atoms with E-state index in [4.69, 9.17) is 0 Å². The average Bonchev–Trinajstić information content (AvgIpc) is 2.93. The molecule has 9 heteroatoms. The quantitative estimate of drug-likeness (QED) is 0.482. The molecule has 0 fully saturated rings. The van der Waals surface area contributed by atoms with Gasteiger partial charge in [-0.25, -0.2) is 5.06 Å². The molecule has 22 heavy (non-hydrogen) atoms. The molecular weight excluding hydrogens is 310 g/mol. The Hall–Kier alpha value is -2.23. The molecular formula is C13H15N3O5S. The van der Waals surface area contributed by atoms with Gasteiger partial charge in [-0.15, -0.1) is 0 Å². The summed E-state index contributed by atoms with van der Waals surface area (Å²) in [7, 11) is -4.34. The fraction of sp³-hybridized carbons (Fsp3) is 0.231. The predicted molar refractivity (Wildman–Crippen MR) is 76.1 cm³/mol. The number of rotatable bonds is 5. The topological polar surface area (TPSA) is 113 Å². The molecule has 118 valence electrons. The second-order valence-electron chi connectivity index (χ2n) is 4.50. The molecule has 0 unspecified atom stereocenters. The summed E-state index contributed by atoms with van der Waals surface area (Å²) in [6, 6.07) is 7.36. The highest BCUT2D eigenvalue weighted by molar-refractivity contribution is 7.85. The van der Waals surface area contributed by atoms with Crippen LogP contribution in [-0.2, 0) is 16.7 Å². The molecule has 1 aromatic heterocycles. The first-order chi connectivity index (χ1) is 10.3. The molecule has 0 saturated carbocycles. The molecule has 1 heterocycles. The first-order valence-electron chi connectivity index (χ1n) is 6.42. The Bertz CT molecular complexity index is 784. The molecule has 1 amide bonds. The van der Waals surface area contributed by atoms with Crippen LogP contribution in [0.15, 0.2) is 41.4 Å². The Kier molecular flexibility index (Phi) is 4.59. The second kappa shape index (κ2) is 6.26. The normalized spacial score (nSPS) is 11.4. The zero-order valence-electron chi connectivity index (χ0n) is 11.7. The number of hydrogen-bond acceptors (Lipinski definition) is 5. The van der Waals surface area contributed by atoms with E-state index in [0.717, 1.165) is 0 Å². The Morgan fingerprint density at radius 2 is 2.00 bits per heavy atom. The Labute approximate surface area is 127 Å². The summed E-state index contributed by atoms with van der Waals surface area (Å²) in [4.78, 5) is 11.5. The average molecular weight is 325 g/mol. The van der Waals surface area contributed by atoms with Gasteiger partial charge in [-0.05, 0) is 24.6 Å². The van der Waals surface area contributed by atoms with E-state index in [1.165, 1.54) is 35.1 Å². The molecule has 8 nitrogen and oxygen atoms in total. The van der Waals surface area contributed by atoms with Crippen molar-refractivity contribution in [1.29, 1.82) is 0 Å². The lowest BCUT2D eigenvalue weighted by Crippen LogP contribution is -2.27. The van der Waals surface area contributed by atoms with Gasteiger partial charge in [-0.3, -0.25) is 19.2 Å². The third kappa shape index (κ3) is 3.50. The molecule has 2 aromatic rings. The summed E-state index contributed by atoms with van der Waals surface area (Å²) in [5.74, 6) is -0.649. The maximum Gasteiger partial charge on any atom is 0.297 e. The van der Waals surface area contributed by atoms with Crippen molar-refractivity contribution < 1.29 is 23.0 Å². The van der Waals surface area contributed by atoms with Gasteiger partial charge in [0, 0.05) is 12.7 Å². The lowest BCUT2D eigenvalue weighted by atomic mass is 10.2. The van der Waals surface area contributed by atoms with Crippen molar-refractivity contribution in [3.8, 4) is 0 Å². The van der Waals surface area contributed by atoms with Crippen LogP contribution in [0.4, 0.5) is 0 Å². The van der Waals surface area contributed by atoms with Crippen LogP contribution in [0, 0.1) is 0 Å². The van der Waals surface area contributed by atoms with E-state index in [-0.39, 0.29) is 23.7 Å². The van der Waals surface area contributed by atoms with E-state index in [1.54, 1.807) is 13.0 Å². The minimum absolute atomic E-state index is 0.0358. The van der Waals surface area contributed by atoms with E-state index in [2.05, 4.69) is 5.10 Å². The fourth-order valence-corrected chi connectivity index (χ4v) is 2.61. The van der Waals surface area contributed by atoms with Gasteiger partial charge in [0.1, 0.15) is 0 Å². The number of benzene rings is 1. The van der Waals surface area contributed by atoms with Crippen molar-refractivity contribution in [3.63, 3.8) is 0 Å². The van der Waals surface area contributed by atoms with Gasteiger partial charge >= 0.3 is 0 Å². The number of hydrogen-bond donors (Lipinski definition) is 2. The molecule has 2 N–H and O–H groups in total. The van der Waals surface area contributed by atoms with Crippen LogP contribution in [0.5, 0.6) is 0 Å². The third-order valence-corrected chi connectivity index (χ3v) is 3.93. The van der Waals surface area contributed by atoms with Gasteiger partial charge in [0.25, 0.3) is 16.0 Å². The minimum atomic E-state index is -4.34. The molecule has 0 aliphatic carbocycles. The smallest absolute Gasteiger partial charge is 0.286 e. The molecule has 2 rings (SSSR count). The molecule has 0 aliphatic heterocycles. The number of aromatic nitrogens is 2. The van der Waals surface area contributed by atoms with Crippen LogP contribution in [0.3, 0.4) is 0 Å². The maximum atomic E-state index is 11.7. The van der Waals surface area contributed by atoms with Gasteiger partial charge in [-0.1, -0.05) is 18.2 Å². The molecule has 0 radical (unpaired) electrons. The van der Waals surface area contributed by atoms with Gasteiger partial charge in [0.15, 0.2) is 5.69 Å². The van der Waals surface area contributed by atoms with Crippen molar-refractivity contribution in [2.24, 2.45) is 0 Å². The van der Waals surface area contributed by atoms with Gasteiger partial charge < -0.3 is 0 Å².